The highest BCUT2D eigenvalue weighted by Gasteiger charge is 2.43. The van der Waals surface area contributed by atoms with Gasteiger partial charge in [0.1, 0.15) is 28.4 Å². The molecule has 0 spiro atoms. The summed E-state index contributed by atoms with van der Waals surface area (Å²) in [6.07, 6.45) is 3.49. The van der Waals surface area contributed by atoms with Crippen LogP contribution in [-0.4, -0.2) is 34.7 Å². The van der Waals surface area contributed by atoms with Crippen LogP contribution >= 0.6 is 0 Å². The summed E-state index contributed by atoms with van der Waals surface area (Å²) in [5.74, 6) is -0.560. The highest BCUT2D eigenvalue weighted by Crippen LogP contribution is 2.52. The molecule has 1 unspecified atom stereocenters. The molecule has 0 aromatic heterocycles. The second-order valence-corrected chi connectivity index (χ2v) is 7.73. The number of ether oxygens (including phenoxy) is 2. The molecule has 0 bridgehead atoms. The van der Waals surface area contributed by atoms with Gasteiger partial charge in [-0.3, -0.25) is 4.79 Å². The van der Waals surface area contributed by atoms with E-state index >= 15 is 0 Å². The van der Waals surface area contributed by atoms with Crippen LogP contribution in [0.1, 0.15) is 49.5 Å². The third kappa shape index (κ3) is 2.70. The maximum absolute atomic E-state index is 12.0. The molecule has 1 aliphatic heterocycles. The van der Waals surface area contributed by atoms with E-state index in [9.17, 15) is 19.8 Å². The molecular formula is C23H22O6. The topological polar surface area (TPSA) is 93.1 Å². The monoisotopic (exact) mass is 394 g/mol. The van der Waals surface area contributed by atoms with Crippen molar-refractivity contribution in [2.75, 3.05) is 7.11 Å². The van der Waals surface area contributed by atoms with Gasteiger partial charge in [0.15, 0.2) is 5.78 Å². The second kappa shape index (κ2) is 6.37. The number of carbonyl (C=O) groups is 2. The van der Waals surface area contributed by atoms with Gasteiger partial charge in [0, 0.05) is 16.3 Å². The summed E-state index contributed by atoms with van der Waals surface area (Å²) < 4.78 is 11.8. The van der Waals surface area contributed by atoms with Gasteiger partial charge >= 0.3 is 5.97 Å². The summed E-state index contributed by atoms with van der Waals surface area (Å²) >= 11 is 0. The van der Waals surface area contributed by atoms with Crippen LogP contribution in [0.4, 0.5) is 0 Å². The number of Topliss-reactive ketones (excluding diaryl/α,β-unsaturated/α-hetero) is 1. The van der Waals surface area contributed by atoms with Crippen molar-refractivity contribution in [2.45, 2.75) is 39.2 Å². The molecule has 1 saturated carbocycles. The van der Waals surface area contributed by atoms with Crippen molar-refractivity contribution in [1.82, 2.24) is 0 Å². The number of aromatic carboxylic acids is 1. The van der Waals surface area contributed by atoms with Crippen molar-refractivity contribution in [1.29, 1.82) is 0 Å². The van der Waals surface area contributed by atoms with Gasteiger partial charge in [-0.25, -0.2) is 4.79 Å². The molecule has 1 aliphatic carbocycles. The molecule has 0 radical (unpaired) electrons. The van der Waals surface area contributed by atoms with Crippen molar-refractivity contribution < 1.29 is 29.3 Å². The van der Waals surface area contributed by atoms with Gasteiger partial charge in [-0.15, -0.1) is 0 Å². The molecule has 6 heteroatoms. The SMILES string of the molecule is COc1cc(C(=O)O)c(O)c2ccc3c(c12)C=C1C(=C(C)C(C)=O)CCC1(C)O3. The smallest absolute Gasteiger partial charge is 0.339 e. The van der Waals surface area contributed by atoms with Crippen LogP contribution in [0, 0.1) is 0 Å². The van der Waals surface area contributed by atoms with E-state index in [1.54, 1.807) is 19.1 Å². The number of fused-ring (bicyclic) bond motifs is 4. The molecule has 150 valence electrons. The van der Waals surface area contributed by atoms with E-state index in [1.165, 1.54) is 13.2 Å². The lowest BCUT2D eigenvalue weighted by Crippen LogP contribution is -2.33. The van der Waals surface area contributed by atoms with Crippen LogP contribution in [0.2, 0.25) is 0 Å². The highest BCUT2D eigenvalue weighted by molar-refractivity contribution is 6.07. The first-order chi connectivity index (χ1) is 13.7. The van der Waals surface area contributed by atoms with E-state index < -0.39 is 11.6 Å². The predicted octanol–water partition coefficient (Wildman–Crippen LogP) is 4.49. The van der Waals surface area contributed by atoms with Crippen molar-refractivity contribution in [3.63, 3.8) is 0 Å². The van der Waals surface area contributed by atoms with Crippen LogP contribution in [0.25, 0.3) is 16.8 Å². The van der Waals surface area contributed by atoms with E-state index in [1.807, 2.05) is 19.9 Å². The molecule has 29 heavy (non-hydrogen) atoms. The van der Waals surface area contributed by atoms with Crippen molar-refractivity contribution >= 4 is 28.6 Å². The molecule has 2 aromatic carbocycles. The quantitative estimate of drug-likeness (QED) is 0.746. The van der Waals surface area contributed by atoms with E-state index in [2.05, 4.69) is 0 Å². The van der Waals surface area contributed by atoms with Crippen molar-refractivity contribution in [2.24, 2.45) is 0 Å². The van der Waals surface area contributed by atoms with E-state index in [0.29, 0.717) is 27.8 Å². The Balaban J connectivity index is 2.06. The fourth-order valence-electron chi connectivity index (χ4n) is 4.32. The Kier molecular flexibility index (Phi) is 4.19. The summed E-state index contributed by atoms with van der Waals surface area (Å²) in [5, 5.41) is 20.9. The van der Waals surface area contributed by atoms with Gasteiger partial charge in [0.05, 0.1) is 7.11 Å². The Hall–Kier alpha value is -3.28. The number of rotatable bonds is 3. The van der Waals surface area contributed by atoms with Gasteiger partial charge in [-0.2, -0.15) is 0 Å². The van der Waals surface area contributed by atoms with Crippen LogP contribution in [0.5, 0.6) is 17.2 Å². The second-order valence-electron chi connectivity index (χ2n) is 7.73. The molecule has 1 heterocycles. The number of ketones is 1. The zero-order chi connectivity index (χ0) is 21.1. The lowest BCUT2D eigenvalue weighted by atomic mass is 9.87. The van der Waals surface area contributed by atoms with Gasteiger partial charge in [-0.05, 0) is 74.6 Å². The van der Waals surface area contributed by atoms with Crippen LogP contribution in [0.3, 0.4) is 0 Å². The number of allylic oxidation sites excluding steroid dienone is 1. The van der Waals surface area contributed by atoms with Gasteiger partial charge < -0.3 is 19.7 Å². The third-order valence-electron chi connectivity index (χ3n) is 6.04. The van der Waals surface area contributed by atoms with E-state index in [4.69, 9.17) is 9.47 Å². The predicted molar refractivity (Wildman–Crippen MR) is 109 cm³/mol. The molecule has 1 atom stereocenters. The lowest BCUT2D eigenvalue weighted by molar-refractivity contribution is -0.113. The summed E-state index contributed by atoms with van der Waals surface area (Å²) in [5.41, 5.74) is 2.58. The molecule has 2 N–H and O–H groups in total. The Morgan fingerprint density at radius 2 is 1.97 bits per heavy atom. The van der Waals surface area contributed by atoms with Crippen molar-refractivity contribution in [3.8, 4) is 17.2 Å². The molecule has 2 aromatic rings. The molecule has 2 aliphatic rings. The van der Waals surface area contributed by atoms with E-state index in [0.717, 1.165) is 29.6 Å². The minimum atomic E-state index is -1.24. The normalized spacial score (nSPS) is 21.7. The highest BCUT2D eigenvalue weighted by atomic mass is 16.5. The Morgan fingerprint density at radius 1 is 1.24 bits per heavy atom. The zero-order valence-electron chi connectivity index (χ0n) is 16.8. The first-order valence-electron chi connectivity index (χ1n) is 9.40. The maximum Gasteiger partial charge on any atom is 0.339 e. The average Bonchev–Trinajstić information content (AvgIpc) is 3.01. The minimum absolute atomic E-state index is 0.0233. The zero-order valence-corrected chi connectivity index (χ0v) is 16.8. The first-order valence-corrected chi connectivity index (χ1v) is 9.40. The molecule has 6 nitrogen and oxygen atoms in total. The van der Waals surface area contributed by atoms with Crippen LogP contribution in [-0.2, 0) is 4.79 Å². The summed E-state index contributed by atoms with van der Waals surface area (Å²) in [7, 11) is 1.46. The number of benzene rings is 2. The number of carbonyl (C=O) groups excluding carboxylic acids is 1. The molecule has 0 amide bonds. The van der Waals surface area contributed by atoms with Gasteiger partial charge in [0.2, 0.25) is 0 Å². The standard InChI is InChI=1S/C23H22O6/c1-11(12(2)24)13-7-8-23(3)17(13)9-15-18(29-23)6-5-14-20(15)19(28-4)10-16(21(14)25)22(26)27/h5-6,9-10,25H,7-8H2,1-4H3,(H,26,27). The molecule has 0 saturated heterocycles. The summed E-state index contributed by atoms with van der Waals surface area (Å²) in [6.45, 7) is 5.39. The number of aromatic hydroxyl groups is 1. The lowest BCUT2D eigenvalue weighted by Gasteiger charge is -2.33. The van der Waals surface area contributed by atoms with Gasteiger partial charge in [-0.1, -0.05) is 0 Å². The number of hydrogen-bond donors (Lipinski definition) is 2. The average molecular weight is 394 g/mol. The van der Waals surface area contributed by atoms with E-state index in [-0.39, 0.29) is 17.1 Å². The number of carboxylic acid groups (broad SMARTS) is 1. The number of methoxy groups -OCH3 is 1. The first kappa shape index (κ1) is 19.1. The number of carboxylic acids is 1. The fourth-order valence-corrected chi connectivity index (χ4v) is 4.32. The van der Waals surface area contributed by atoms with Crippen LogP contribution in [0.15, 0.2) is 34.9 Å². The minimum Gasteiger partial charge on any atom is -0.506 e. The van der Waals surface area contributed by atoms with Crippen LogP contribution < -0.4 is 9.47 Å². The number of phenols is 1. The number of hydrogen-bond acceptors (Lipinski definition) is 5. The van der Waals surface area contributed by atoms with Crippen molar-refractivity contribution in [3.05, 3.63) is 46.0 Å². The fraction of sp³-hybridized carbons (Fsp3) is 0.304. The Labute approximate surface area is 168 Å². The Morgan fingerprint density at radius 3 is 2.59 bits per heavy atom. The molecule has 1 fully saturated rings. The summed E-state index contributed by atoms with van der Waals surface area (Å²) in [6, 6.07) is 4.70. The largest absolute Gasteiger partial charge is 0.506 e. The van der Waals surface area contributed by atoms with Gasteiger partial charge in [0.25, 0.3) is 0 Å². The molecular weight excluding hydrogens is 372 g/mol. The Bertz CT molecular complexity index is 1150. The molecule has 4 rings (SSSR count). The summed E-state index contributed by atoms with van der Waals surface area (Å²) in [4.78, 5) is 23.5. The third-order valence-corrected chi connectivity index (χ3v) is 6.04. The maximum atomic E-state index is 12.0.